The van der Waals surface area contributed by atoms with Crippen LogP contribution in [0, 0.1) is 0 Å². The van der Waals surface area contributed by atoms with Crippen LogP contribution in [0.5, 0.6) is 0 Å². The summed E-state index contributed by atoms with van der Waals surface area (Å²) < 4.78 is 0. The quantitative estimate of drug-likeness (QED) is 0.558. The van der Waals surface area contributed by atoms with Crippen molar-refractivity contribution in [3.8, 4) is 0 Å². The first-order valence-electron chi connectivity index (χ1n) is 6.55. The molecule has 0 aliphatic rings. The average Bonchev–Trinajstić information content (AvgIpc) is 2.40. The van der Waals surface area contributed by atoms with Crippen molar-refractivity contribution in [2.45, 2.75) is 29.9 Å². The number of aromatic nitrogens is 2. The van der Waals surface area contributed by atoms with Gasteiger partial charge in [-0.25, -0.2) is 9.97 Å². The molecule has 0 bridgehead atoms. The van der Waals surface area contributed by atoms with Gasteiger partial charge >= 0.3 is 0 Å². The molecule has 1 aromatic heterocycles. The molecule has 0 saturated heterocycles. The van der Waals surface area contributed by atoms with Crippen molar-refractivity contribution in [1.82, 2.24) is 15.3 Å². The molecule has 20 heavy (non-hydrogen) atoms. The van der Waals surface area contributed by atoms with Crippen LogP contribution in [0.1, 0.15) is 18.9 Å². The van der Waals surface area contributed by atoms with Crippen LogP contribution >= 0.6 is 11.8 Å². The first-order chi connectivity index (χ1) is 9.67. The van der Waals surface area contributed by atoms with Crippen molar-refractivity contribution in [2.24, 2.45) is 0 Å². The monoisotopic (exact) mass is 289 g/mol. The normalized spacial score (nSPS) is 10.7. The number of nitrogen functional groups attached to an aromatic ring is 2. The van der Waals surface area contributed by atoms with Gasteiger partial charge in [0.25, 0.3) is 0 Å². The fourth-order valence-corrected chi connectivity index (χ4v) is 2.48. The van der Waals surface area contributed by atoms with E-state index in [0.29, 0.717) is 16.8 Å². The van der Waals surface area contributed by atoms with E-state index >= 15 is 0 Å². The minimum Gasteiger partial charge on any atom is -0.383 e. The van der Waals surface area contributed by atoms with Crippen molar-refractivity contribution in [3.63, 3.8) is 0 Å². The smallest absolute Gasteiger partial charge is 0.196 e. The average molecular weight is 289 g/mol. The Bertz CT molecular complexity index is 536. The van der Waals surface area contributed by atoms with Crippen molar-refractivity contribution in [3.05, 3.63) is 35.9 Å². The third-order valence-electron chi connectivity index (χ3n) is 2.63. The fourth-order valence-electron chi connectivity index (χ4n) is 1.70. The third kappa shape index (κ3) is 4.40. The first kappa shape index (κ1) is 14.6. The highest BCUT2D eigenvalue weighted by Gasteiger charge is 2.03. The largest absolute Gasteiger partial charge is 0.383 e. The van der Waals surface area contributed by atoms with E-state index in [0.717, 1.165) is 24.4 Å². The minimum atomic E-state index is 0.389. The van der Waals surface area contributed by atoms with Gasteiger partial charge in [0.2, 0.25) is 0 Å². The molecule has 5 N–H and O–H groups in total. The van der Waals surface area contributed by atoms with Gasteiger partial charge in [-0.05, 0) is 42.4 Å². The van der Waals surface area contributed by atoms with Gasteiger partial charge in [-0.2, -0.15) is 0 Å². The summed E-state index contributed by atoms with van der Waals surface area (Å²) in [4.78, 5) is 9.36. The SMILES string of the molecule is CCCNCc1ccc(Sc2nc(N)cc(N)n2)cc1. The zero-order valence-electron chi connectivity index (χ0n) is 11.5. The summed E-state index contributed by atoms with van der Waals surface area (Å²) in [5.41, 5.74) is 12.6. The molecular weight excluding hydrogens is 270 g/mol. The van der Waals surface area contributed by atoms with Gasteiger partial charge in [-0.1, -0.05) is 19.1 Å². The van der Waals surface area contributed by atoms with Crippen LogP contribution < -0.4 is 16.8 Å². The Morgan fingerprint density at radius 2 is 1.75 bits per heavy atom. The van der Waals surface area contributed by atoms with E-state index < -0.39 is 0 Å². The molecule has 2 aromatic rings. The molecule has 0 spiro atoms. The number of anilines is 2. The van der Waals surface area contributed by atoms with E-state index in [9.17, 15) is 0 Å². The number of hydrogen-bond acceptors (Lipinski definition) is 6. The molecule has 106 valence electrons. The lowest BCUT2D eigenvalue weighted by atomic mass is 10.2. The van der Waals surface area contributed by atoms with E-state index in [1.165, 1.54) is 17.3 Å². The molecular formula is C14H19N5S. The number of nitrogens with two attached hydrogens (primary N) is 2. The van der Waals surface area contributed by atoms with E-state index in [2.05, 4.69) is 46.5 Å². The van der Waals surface area contributed by atoms with Crippen LogP contribution in [-0.4, -0.2) is 16.5 Å². The van der Waals surface area contributed by atoms with Gasteiger partial charge in [0.1, 0.15) is 11.6 Å². The Morgan fingerprint density at radius 1 is 1.10 bits per heavy atom. The van der Waals surface area contributed by atoms with Gasteiger partial charge in [-0.3, -0.25) is 0 Å². The molecule has 0 radical (unpaired) electrons. The standard InChI is InChI=1S/C14H19N5S/c1-2-7-17-9-10-3-5-11(6-4-10)20-14-18-12(15)8-13(16)19-14/h3-6,8,17H,2,7,9H2,1H3,(H4,15,16,18,19). The Labute approximate surface area is 123 Å². The molecule has 0 unspecified atom stereocenters. The summed E-state index contributed by atoms with van der Waals surface area (Å²) >= 11 is 1.45. The summed E-state index contributed by atoms with van der Waals surface area (Å²) in [7, 11) is 0. The molecule has 2 rings (SSSR count). The summed E-state index contributed by atoms with van der Waals surface area (Å²) in [5.74, 6) is 0.778. The zero-order valence-corrected chi connectivity index (χ0v) is 12.3. The number of hydrogen-bond donors (Lipinski definition) is 3. The second kappa shape index (κ2) is 7.12. The molecule has 0 fully saturated rings. The summed E-state index contributed by atoms with van der Waals surface area (Å²) in [6.45, 7) is 4.08. The Hall–Kier alpha value is -1.79. The van der Waals surface area contributed by atoms with Crippen molar-refractivity contribution >= 4 is 23.4 Å². The van der Waals surface area contributed by atoms with Gasteiger partial charge in [0.05, 0.1) is 0 Å². The molecule has 0 aliphatic carbocycles. The van der Waals surface area contributed by atoms with Crippen LogP contribution in [0.15, 0.2) is 40.4 Å². The number of nitrogens with one attached hydrogen (secondary N) is 1. The highest BCUT2D eigenvalue weighted by molar-refractivity contribution is 7.99. The Morgan fingerprint density at radius 3 is 2.35 bits per heavy atom. The lowest BCUT2D eigenvalue weighted by Gasteiger charge is -2.05. The van der Waals surface area contributed by atoms with Crippen LogP contribution in [0.3, 0.4) is 0 Å². The number of benzene rings is 1. The van der Waals surface area contributed by atoms with E-state index in [1.807, 2.05) is 0 Å². The summed E-state index contributed by atoms with van der Waals surface area (Å²) in [6.07, 6.45) is 1.14. The van der Waals surface area contributed by atoms with Gasteiger partial charge in [0, 0.05) is 17.5 Å². The molecule has 0 aliphatic heterocycles. The van der Waals surface area contributed by atoms with Crippen LogP contribution in [0.25, 0.3) is 0 Å². The molecule has 5 nitrogen and oxygen atoms in total. The highest BCUT2D eigenvalue weighted by Crippen LogP contribution is 2.26. The highest BCUT2D eigenvalue weighted by atomic mass is 32.2. The van der Waals surface area contributed by atoms with Crippen LogP contribution in [-0.2, 0) is 6.54 Å². The fraction of sp³-hybridized carbons (Fsp3) is 0.286. The Balaban J connectivity index is 1.99. The maximum absolute atomic E-state index is 5.65. The number of rotatable bonds is 6. The van der Waals surface area contributed by atoms with E-state index in [1.54, 1.807) is 6.07 Å². The molecule has 1 heterocycles. The maximum atomic E-state index is 5.65. The first-order valence-corrected chi connectivity index (χ1v) is 7.36. The molecule has 6 heteroatoms. The number of nitrogens with zero attached hydrogens (tertiary/aromatic N) is 2. The second-order valence-electron chi connectivity index (χ2n) is 4.42. The molecule has 1 aromatic carbocycles. The van der Waals surface area contributed by atoms with E-state index in [-0.39, 0.29) is 0 Å². The predicted molar refractivity (Wildman–Crippen MR) is 83.4 cm³/mol. The topological polar surface area (TPSA) is 89.8 Å². The second-order valence-corrected chi connectivity index (χ2v) is 5.46. The maximum Gasteiger partial charge on any atom is 0.196 e. The minimum absolute atomic E-state index is 0.389. The van der Waals surface area contributed by atoms with E-state index in [4.69, 9.17) is 11.5 Å². The molecule has 0 amide bonds. The van der Waals surface area contributed by atoms with Crippen LogP contribution in [0.4, 0.5) is 11.6 Å². The molecule has 0 atom stereocenters. The van der Waals surface area contributed by atoms with Crippen molar-refractivity contribution in [1.29, 1.82) is 0 Å². The lowest BCUT2D eigenvalue weighted by Crippen LogP contribution is -2.13. The zero-order chi connectivity index (χ0) is 14.4. The Kier molecular flexibility index (Phi) is 5.20. The molecule has 0 saturated carbocycles. The van der Waals surface area contributed by atoms with Gasteiger partial charge in [0.15, 0.2) is 5.16 Å². The van der Waals surface area contributed by atoms with Gasteiger partial charge in [-0.15, -0.1) is 0 Å². The van der Waals surface area contributed by atoms with Gasteiger partial charge < -0.3 is 16.8 Å². The van der Waals surface area contributed by atoms with Crippen molar-refractivity contribution in [2.75, 3.05) is 18.0 Å². The van der Waals surface area contributed by atoms with Crippen molar-refractivity contribution < 1.29 is 0 Å². The lowest BCUT2D eigenvalue weighted by molar-refractivity contribution is 0.675. The predicted octanol–water partition coefficient (Wildman–Crippen LogP) is 2.29. The summed E-state index contributed by atoms with van der Waals surface area (Å²) in [6, 6.07) is 9.85. The van der Waals surface area contributed by atoms with Crippen LogP contribution in [0.2, 0.25) is 0 Å². The summed E-state index contributed by atoms with van der Waals surface area (Å²) in [5, 5.41) is 3.94. The third-order valence-corrected chi connectivity index (χ3v) is 3.51.